The normalized spacial score (nSPS) is 30.0. The number of rotatable bonds is 2. The Bertz CT molecular complexity index is 711. The summed E-state index contributed by atoms with van der Waals surface area (Å²) in [5.41, 5.74) is 2.63. The number of nitrogens with zero attached hydrogens (tertiary/aromatic N) is 1. The van der Waals surface area contributed by atoms with E-state index in [1.807, 2.05) is 18.2 Å². The van der Waals surface area contributed by atoms with Crippen LogP contribution in [0.15, 0.2) is 54.6 Å². The number of aliphatic hydroxyl groups is 1. The van der Waals surface area contributed by atoms with Gasteiger partial charge in [0, 0.05) is 18.5 Å². The second kappa shape index (κ2) is 6.02. The van der Waals surface area contributed by atoms with Crippen LogP contribution in [0, 0.1) is 11.8 Å². The molecule has 126 valence electrons. The molecule has 2 aliphatic rings. The van der Waals surface area contributed by atoms with Crippen LogP contribution in [-0.4, -0.2) is 29.1 Å². The molecule has 0 amide bonds. The lowest BCUT2D eigenvalue weighted by molar-refractivity contribution is -0.0604. The number of likely N-dealkylation sites (tertiary alicyclic amines) is 1. The van der Waals surface area contributed by atoms with Gasteiger partial charge in [0.1, 0.15) is 5.60 Å². The maximum Gasteiger partial charge on any atom is 0.118 e. The first-order valence-electron chi connectivity index (χ1n) is 9.21. The minimum absolute atomic E-state index is 0.296. The Hall–Kier alpha value is -1.64. The predicted octanol–water partition coefficient (Wildman–Crippen LogP) is 3.83. The topological polar surface area (TPSA) is 23.5 Å². The van der Waals surface area contributed by atoms with E-state index in [1.165, 1.54) is 5.56 Å². The molecule has 2 aromatic rings. The van der Waals surface area contributed by atoms with Crippen molar-refractivity contribution in [3.8, 4) is 0 Å². The van der Waals surface area contributed by atoms with Crippen LogP contribution in [0.25, 0.3) is 0 Å². The summed E-state index contributed by atoms with van der Waals surface area (Å²) in [6, 6.07) is 19.4. The Kier molecular flexibility index (Phi) is 3.98. The van der Waals surface area contributed by atoms with Crippen LogP contribution in [0.1, 0.15) is 37.0 Å². The van der Waals surface area contributed by atoms with Crippen LogP contribution in [0.5, 0.6) is 0 Å². The van der Waals surface area contributed by atoms with Gasteiger partial charge in [-0.25, -0.2) is 0 Å². The average Bonchev–Trinajstić information content (AvgIpc) is 2.62. The minimum atomic E-state index is -0.857. The zero-order valence-corrected chi connectivity index (χ0v) is 14.7. The molecule has 24 heavy (non-hydrogen) atoms. The van der Waals surface area contributed by atoms with Crippen LogP contribution in [0.3, 0.4) is 0 Å². The standard InChI is InChI=1S/C22H27NO/c1-16(2)23-13-12-21-18(15-23)14-17-8-6-7-11-20(17)22(21,24)19-9-4-3-5-10-19/h3-11,16,18,21,24H,12-15H2,1-2H3/t18-,21-,22?/m1/s1. The first-order chi connectivity index (χ1) is 11.6. The summed E-state index contributed by atoms with van der Waals surface area (Å²) in [7, 11) is 0. The van der Waals surface area contributed by atoms with E-state index in [-0.39, 0.29) is 0 Å². The van der Waals surface area contributed by atoms with Crippen molar-refractivity contribution in [1.29, 1.82) is 0 Å². The van der Waals surface area contributed by atoms with Gasteiger partial charge in [-0.1, -0.05) is 54.6 Å². The third kappa shape index (κ3) is 2.40. The first kappa shape index (κ1) is 15.9. The van der Waals surface area contributed by atoms with E-state index >= 15 is 0 Å². The van der Waals surface area contributed by atoms with Gasteiger partial charge in [0.25, 0.3) is 0 Å². The van der Waals surface area contributed by atoms with Crippen molar-refractivity contribution in [2.24, 2.45) is 11.8 Å². The molecular formula is C22H27NO. The smallest absolute Gasteiger partial charge is 0.118 e. The lowest BCUT2D eigenvalue weighted by Gasteiger charge is -2.51. The molecular weight excluding hydrogens is 294 g/mol. The van der Waals surface area contributed by atoms with Gasteiger partial charge in [0.05, 0.1) is 0 Å². The maximum atomic E-state index is 12.0. The Morgan fingerprint density at radius 1 is 1.04 bits per heavy atom. The largest absolute Gasteiger partial charge is 0.380 e. The Balaban J connectivity index is 1.82. The first-order valence-corrected chi connectivity index (χ1v) is 9.21. The Morgan fingerprint density at radius 2 is 1.75 bits per heavy atom. The molecule has 0 radical (unpaired) electrons. The summed E-state index contributed by atoms with van der Waals surface area (Å²) in [6.45, 7) is 6.73. The van der Waals surface area contributed by atoms with Gasteiger partial charge in [-0.2, -0.15) is 0 Å². The fourth-order valence-electron chi connectivity index (χ4n) is 4.90. The van der Waals surface area contributed by atoms with Crippen LogP contribution < -0.4 is 0 Å². The van der Waals surface area contributed by atoms with Gasteiger partial charge in [0.15, 0.2) is 0 Å². The number of benzene rings is 2. The van der Waals surface area contributed by atoms with E-state index in [4.69, 9.17) is 0 Å². The molecule has 1 heterocycles. The zero-order chi connectivity index (χ0) is 16.7. The van der Waals surface area contributed by atoms with Crippen LogP contribution in [0.4, 0.5) is 0 Å². The minimum Gasteiger partial charge on any atom is -0.380 e. The zero-order valence-electron chi connectivity index (χ0n) is 14.7. The van der Waals surface area contributed by atoms with Gasteiger partial charge >= 0.3 is 0 Å². The SMILES string of the molecule is CC(C)N1CC[C@@H]2[C@H](Cc3ccccc3C2(O)c2ccccc2)C1. The molecule has 2 nitrogen and oxygen atoms in total. The molecule has 0 bridgehead atoms. The fraction of sp³-hybridized carbons (Fsp3) is 0.455. The molecule has 0 saturated carbocycles. The molecule has 2 heteroatoms. The second-order valence-corrected chi connectivity index (χ2v) is 7.74. The summed E-state index contributed by atoms with van der Waals surface area (Å²) in [5.74, 6) is 0.811. The van der Waals surface area contributed by atoms with Crippen molar-refractivity contribution in [2.75, 3.05) is 13.1 Å². The maximum absolute atomic E-state index is 12.0. The molecule has 4 rings (SSSR count). The summed E-state index contributed by atoms with van der Waals surface area (Å²) < 4.78 is 0. The van der Waals surface area contributed by atoms with E-state index in [0.717, 1.165) is 37.1 Å². The predicted molar refractivity (Wildman–Crippen MR) is 97.9 cm³/mol. The van der Waals surface area contributed by atoms with Gasteiger partial charge in [-0.15, -0.1) is 0 Å². The lowest BCUT2D eigenvalue weighted by Crippen LogP contribution is -2.54. The third-order valence-electron chi connectivity index (χ3n) is 6.16. The van der Waals surface area contributed by atoms with Gasteiger partial charge < -0.3 is 10.0 Å². The van der Waals surface area contributed by atoms with E-state index in [9.17, 15) is 5.11 Å². The number of hydrogen-bond acceptors (Lipinski definition) is 2. The van der Waals surface area contributed by atoms with Crippen LogP contribution in [-0.2, 0) is 12.0 Å². The van der Waals surface area contributed by atoms with Crippen LogP contribution in [0.2, 0.25) is 0 Å². The van der Waals surface area contributed by atoms with Crippen molar-refractivity contribution in [1.82, 2.24) is 4.90 Å². The molecule has 1 N–H and O–H groups in total. The second-order valence-electron chi connectivity index (χ2n) is 7.74. The summed E-state index contributed by atoms with van der Waals surface area (Å²) >= 11 is 0. The van der Waals surface area contributed by atoms with E-state index in [1.54, 1.807) is 0 Å². The number of fused-ring (bicyclic) bond motifs is 2. The summed E-state index contributed by atoms with van der Waals surface area (Å²) in [5, 5.41) is 12.0. The highest BCUT2D eigenvalue weighted by Gasteiger charge is 2.50. The van der Waals surface area contributed by atoms with Gasteiger partial charge in [-0.05, 0) is 55.8 Å². The highest BCUT2D eigenvalue weighted by Crippen LogP contribution is 2.50. The number of hydrogen-bond donors (Lipinski definition) is 1. The van der Waals surface area contributed by atoms with Crippen molar-refractivity contribution >= 4 is 0 Å². The molecule has 1 saturated heterocycles. The van der Waals surface area contributed by atoms with Gasteiger partial charge in [-0.3, -0.25) is 0 Å². The van der Waals surface area contributed by atoms with E-state index < -0.39 is 5.60 Å². The molecule has 0 aromatic heterocycles. The average molecular weight is 321 g/mol. The lowest BCUT2D eigenvalue weighted by atomic mass is 9.61. The quantitative estimate of drug-likeness (QED) is 0.909. The molecule has 3 atom stereocenters. The third-order valence-corrected chi connectivity index (χ3v) is 6.16. The van der Waals surface area contributed by atoms with Crippen molar-refractivity contribution in [3.63, 3.8) is 0 Å². The fourth-order valence-corrected chi connectivity index (χ4v) is 4.90. The van der Waals surface area contributed by atoms with Crippen LogP contribution >= 0.6 is 0 Å². The van der Waals surface area contributed by atoms with Crippen molar-refractivity contribution in [3.05, 3.63) is 71.3 Å². The summed E-state index contributed by atoms with van der Waals surface area (Å²) in [6.07, 6.45) is 2.14. The molecule has 1 aliphatic heterocycles. The van der Waals surface area contributed by atoms with E-state index in [0.29, 0.717) is 17.9 Å². The monoisotopic (exact) mass is 321 g/mol. The molecule has 0 spiro atoms. The molecule has 1 unspecified atom stereocenters. The Morgan fingerprint density at radius 3 is 2.50 bits per heavy atom. The highest BCUT2D eigenvalue weighted by molar-refractivity contribution is 5.44. The Labute approximate surface area is 145 Å². The molecule has 1 fully saturated rings. The van der Waals surface area contributed by atoms with E-state index in [2.05, 4.69) is 55.1 Å². The van der Waals surface area contributed by atoms with Crippen molar-refractivity contribution in [2.45, 2.75) is 38.3 Å². The van der Waals surface area contributed by atoms with Gasteiger partial charge in [0.2, 0.25) is 0 Å². The molecule has 1 aliphatic carbocycles. The van der Waals surface area contributed by atoms with Crippen molar-refractivity contribution < 1.29 is 5.11 Å². The highest BCUT2D eigenvalue weighted by atomic mass is 16.3. The summed E-state index contributed by atoms with van der Waals surface area (Å²) in [4.78, 5) is 2.57. The molecule has 2 aromatic carbocycles. The number of piperidine rings is 1.